The van der Waals surface area contributed by atoms with Crippen molar-refractivity contribution in [1.82, 2.24) is 0 Å². The van der Waals surface area contributed by atoms with E-state index in [9.17, 15) is 9.59 Å². The van der Waals surface area contributed by atoms with E-state index in [1.807, 2.05) is 0 Å². The number of carboxylic acids is 1. The number of carbonyl (C=O) groups excluding carboxylic acids is 1. The van der Waals surface area contributed by atoms with E-state index in [4.69, 9.17) is 5.11 Å². The van der Waals surface area contributed by atoms with Crippen LogP contribution in [0.1, 0.15) is 32.6 Å². The van der Waals surface area contributed by atoms with E-state index in [1.54, 1.807) is 6.92 Å². The average Bonchev–Trinajstić information content (AvgIpc) is 2.17. The Morgan fingerprint density at radius 3 is 1.71 bits per heavy atom. The molecule has 3 saturated carbocycles. The van der Waals surface area contributed by atoms with Gasteiger partial charge < -0.3 is 5.11 Å². The predicted molar refractivity (Wildman–Crippen MR) is 50.7 cm³/mol. The molecular formula is C11H16O3. The van der Waals surface area contributed by atoms with Crippen molar-refractivity contribution in [3.63, 3.8) is 0 Å². The van der Waals surface area contributed by atoms with E-state index < -0.39 is 5.97 Å². The number of Topliss-reactive ketones (excluding diaryl/α,β-unsaturated/α-hetero) is 1. The number of rotatable bonds is 2. The lowest BCUT2D eigenvalue weighted by Crippen LogP contribution is -2.46. The van der Waals surface area contributed by atoms with Gasteiger partial charge in [-0.15, -0.1) is 0 Å². The molecule has 0 saturated heterocycles. The third-order valence-electron chi connectivity index (χ3n) is 3.97. The highest BCUT2D eigenvalue weighted by Crippen LogP contribution is 2.49. The summed E-state index contributed by atoms with van der Waals surface area (Å²) >= 11 is 0. The van der Waals surface area contributed by atoms with E-state index in [1.165, 1.54) is 0 Å². The highest BCUT2D eigenvalue weighted by Gasteiger charge is 2.48. The molecule has 0 spiro atoms. The van der Waals surface area contributed by atoms with Crippen LogP contribution in [-0.2, 0) is 9.59 Å². The fourth-order valence-electron chi connectivity index (χ4n) is 3.39. The molecule has 78 valence electrons. The fraction of sp³-hybridized carbons (Fsp3) is 0.818. The predicted octanol–water partition coefficient (Wildman–Crippen LogP) is 1.71. The maximum atomic E-state index is 11.4. The van der Waals surface area contributed by atoms with Crippen molar-refractivity contribution in [2.45, 2.75) is 32.6 Å². The quantitative estimate of drug-likeness (QED) is 0.731. The van der Waals surface area contributed by atoms with Crippen LogP contribution >= 0.6 is 0 Å². The molecule has 3 aliphatic carbocycles. The van der Waals surface area contributed by atoms with Crippen molar-refractivity contribution in [3.05, 3.63) is 0 Å². The Labute approximate surface area is 83.5 Å². The molecule has 1 N–H and O–H groups in total. The molecular weight excluding hydrogens is 180 g/mol. The van der Waals surface area contributed by atoms with Gasteiger partial charge in [-0.25, -0.2) is 0 Å². The van der Waals surface area contributed by atoms with Gasteiger partial charge in [-0.3, -0.25) is 9.59 Å². The molecule has 3 aliphatic rings. The minimum atomic E-state index is -0.764. The van der Waals surface area contributed by atoms with Gasteiger partial charge in [-0.05, 0) is 44.4 Å². The van der Waals surface area contributed by atoms with Gasteiger partial charge >= 0.3 is 5.97 Å². The van der Waals surface area contributed by atoms with Crippen molar-refractivity contribution < 1.29 is 14.7 Å². The van der Waals surface area contributed by atoms with Gasteiger partial charge in [-0.2, -0.15) is 0 Å². The molecule has 2 bridgehead atoms. The highest BCUT2D eigenvalue weighted by atomic mass is 16.4. The van der Waals surface area contributed by atoms with E-state index in [2.05, 4.69) is 0 Å². The van der Waals surface area contributed by atoms with Gasteiger partial charge in [0.2, 0.25) is 0 Å². The lowest BCUT2D eigenvalue weighted by atomic mass is 9.57. The summed E-state index contributed by atoms with van der Waals surface area (Å²) in [5.74, 6) is -0.670. The van der Waals surface area contributed by atoms with Gasteiger partial charge in [0.15, 0.2) is 0 Å². The van der Waals surface area contributed by atoms with Crippen LogP contribution in [0.15, 0.2) is 0 Å². The lowest BCUT2D eigenvalue weighted by Gasteiger charge is -2.45. The van der Waals surface area contributed by atoms with Crippen LogP contribution in [-0.4, -0.2) is 16.9 Å². The lowest BCUT2D eigenvalue weighted by molar-refractivity contribution is -0.156. The van der Waals surface area contributed by atoms with Crippen LogP contribution < -0.4 is 0 Å². The molecule has 2 unspecified atom stereocenters. The van der Waals surface area contributed by atoms with Crippen LogP contribution in [0.2, 0.25) is 0 Å². The molecule has 0 amide bonds. The van der Waals surface area contributed by atoms with Crippen LogP contribution in [0.4, 0.5) is 0 Å². The fourth-order valence-corrected chi connectivity index (χ4v) is 3.39. The molecule has 0 radical (unpaired) electrons. The molecule has 0 aromatic heterocycles. The number of carboxylic acid groups (broad SMARTS) is 1. The Hall–Kier alpha value is -0.860. The zero-order valence-electron chi connectivity index (χ0n) is 8.40. The monoisotopic (exact) mass is 196 g/mol. The number of fused-ring (bicyclic) bond motifs is 3. The summed E-state index contributed by atoms with van der Waals surface area (Å²) < 4.78 is 0. The van der Waals surface area contributed by atoms with E-state index in [0.717, 1.165) is 25.7 Å². The van der Waals surface area contributed by atoms with Gasteiger partial charge in [0.25, 0.3) is 0 Å². The van der Waals surface area contributed by atoms with Crippen molar-refractivity contribution in [2.24, 2.45) is 23.7 Å². The number of aliphatic carboxylic acids is 1. The van der Waals surface area contributed by atoms with Gasteiger partial charge in [-0.1, -0.05) is 0 Å². The maximum Gasteiger partial charge on any atom is 0.307 e. The Balaban J connectivity index is 2.27. The summed E-state index contributed by atoms with van der Waals surface area (Å²) in [4.78, 5) is 22.5. The Morgan fingerprint density at radius 2 is 1.43 bits per heavy atom. The maximum absolute atomic E-state index is 11.4. The molecule has 2 atom stereocenters. The van der Waals surface area contributed by atoms with Gasteiger partial charge in [0, 0.05) is 5.92 Å². The van der Waals surface area contributed by atoms with Crippen molar-refractivity contribution >= 4 is 11.8 Å². The third-order valence-corrected chi connectivity index (χ3v) is 3.97. The first-order valence-electron chi connectivity index (χ1n) is 5.34. The minimum absolute atomic E-state index is 0.0757. The standard InChI is InChI=1S/C11H16O3/c1-6(12)9-7-2-4-8(5-3-7)10(9)11(13)14/h7-10H,2-5H2,1H3,(H,13,14). The number of carbonyl (C=O) groups is 2. The Morgan fingerprint density at radius 1 is 1.00 bits per heavy atom. The largest absolute Gasteiger partial charge is 0.481 e. The first kappa shape index (κ1) is 9.69. The molecule has 0 heterocycles. The molecule has 14 heavy (non-hydrogen) atoms. The number of ketones is 1. The second kappa shape index (κ2) is 3.37. The van der Waals surface area contributed by atoms with Crippen LogP contribution in [0.5, 0.6) is 0 Å². The molecule has 3 nitrogen and oxygen atoms in total. The van der Waals surface area contributed by atoms with Crippen LogP contribution in [0, 0.1) is 23.7 Å². The van der Waals surface area contributed by atoms with Gasteiger partial charge in [0.1, 0.15) is 5.78 Å². The second-order valence-electron chi connectivity index (χ2n) is 4.68. The zero-order chi connectivity index (χ0) is 10.3. The minimum Gasteiger partial charge on any atom is -0.481 e. The topological polar surface area (TPSA) is 54.4 Å². The van der Waals surface area contributed by atoms with Crippen molar-refractivity contribution in [2.75, 3.05) is 0 Å². The van der Waals surface area contributed by atoms with Crippen molar-refractivity contribution in [3.8, 4) is 0 Å². The molecule has 3 fully saturated rings. The normalized spacial score (nSPS) is 40.9. The SMILES string of the molecule is CC(=O)C1C2CCC(CC2)C1C(=O)O. The molecule has 0 aromatic carbocycles. The van der Waals surface area contributed by atoms with E-state index >= 15 is 0 Å². The van der Waals surface area contributed by atoms with Gasteiger partial charge in [0.05, 0.1) is 5.92 Å². The van der Waals surface area contributed by atoms with Crippen molar-refractivity contribution in [1.29, 1.82) is 0 Å². The molecule has 3 rings (SSSR count). The summed E-state index contributed by atoms with van der Waals surface area (Å²) in [6.07, 6.45) is 4.12. The molecule has 0 aromatic rings. The second-order valence-corrected chi connectivity index (χ2v) is 4.68. The van der Waals surface area contributed by atoms with E-state index in [0.29, 0.717) is 5.92 Å². The molecule has 3 heteroatoms. The first-order valence-corrected chi connectivity index (χ1v) is 5.34. The van der Waals surface area contributed by atoms with Crippen LogP contribution in [0.25, 0.3) is 0 Å². The Kier molecular flexibility index (Phi) is 2.33. The average molecular weight is 196 g/mol. The number of hydrogen-bond acceptors (Lipinski definition) is 2. The third kappa shape index (κ3) is 1.35. The smallest absolute Gasteiger partial charge is 0.307 e. The summed E-state index contributed by atoms with van der Waals surface area (Å²) in [7, 11) is 0. The van der Waals surface area contributed by atoms with Crippen LogP contribution in [0.3, 0.4) is 0 Å². The summed E-state index contributed by atoms with van der Waals surface area (Å²) in [5.41, 5.74) is 0. The first-order chi connectivity index (χ1) is 6.61. The Bertz CT molecular complexity index is 236. The summed E-state index contributed by atoms with van der Waals surface area (Å²) in [6, 6.07) is 0. The molecule has 0 aliphatic heterocycles. The number of hydrogen-bond donors (Lipinski definition) is 1. The zero-order valence-corrected chi connectivity index (χ0v) is 8.40. The van der Waals surface area contributed by atoms with E-state index in [-0.39, 0.29) is 23.5 Å². The summed E-state index contributed by atoms with van der Waals surface area (Å²) in [6.45, 7) is 1.54. The summed E-state index contributed by atoms with van der Waals surface area (Å²) in [5, 5.41) is 9.13. The highest BCUT2D eigenvalue weighted by molar-refractivity contribution is 5.85.